The molecule has 1 saturated heterocycles. The summed E-state index contributed by atoms with van der Waals surface area (Å²) in [6.45, 7) is 3.27. The minimum absolute atomic E-state index is 0.231. The average Bonchev–Trinajstić information content (AvgIpc) is 2.29. The number of nitrogens with zero attached hydrogens (tertiary/aromatic N) is 1. The van der Waals surface area contributed by atoms with E-state index < -0.39 is 10.0 Å². The second-order valence-electron chi connectivity index (χ2n) is 4.65. The molecule has 1 aliphatic rings. The number of benzene rings is 1. The van der Waals surface area contributed by atoms with Gasteiger partial charge in [-0.15, -0.1) is 0 Å². The highest BCUT2D eigenvalue weighted by Gasteiger charge is 2.29. The van der Waals surface area contributed by atoms with E-state index in [0.717, 1.165) is 12.8 Å². The first kappa shape index (κ1) is 12.4. The maximum absolute atomic E-state index is 12.4. The Labute approximate surface area is 102 Å². The zero-order valence-electron chi connectivity index (χ0n) is 9.96. The third-order valence-electron chi connectivity index (χ3n) is 3.16. The number of sulfonamides is 1. The van der Waals surface area contributed by atoms with Crippen LogP contribution in [0.25, 0.3) is 0 Å². The van der Waals surface area contributed by atoms with Gasteiger partial charge < -0.3 is 5.73 Å². The fraction of sp³-hybridized carbons (Fsp3) is 0.500. The lowest BCUT2D eigenvalue weighted by Crippen LogP contribution is -2.39. The first-order valence-corrected chi connectivity index (χ1v) is 7.30. The van der Waals surface area contributed by atoms with Crippen molar-refractivity contribution in [1.82, 2.24) is 4.31 Å². The number of para-hydroxylation sites is 1. The van der Waals surface area contributed by atoms with E-state index in [2.05, 4.69) is 6.92 Å². The van der Waals surface area contributed by atoms with Crippen LogP contribution in [0.15, 0.2) is 29.2 Å². The highest BCUT2D eigenvalue weighted by Crippen LogP contribution is 2.26. The number of nitrogens with two attached hydrogens (primary N) is 1. The van der Waals surface area contributed by atoms with Crippen LogP contribution in [0.4, 0.5) is 5.69 Å². The molecule has 0 unspecified atom stereocenters. The lowest BCUT2D eigenvalue weighted by atomic mass is 10.0. The fourth-order valence-electron chi connectivity index (χ4n) is 2.22. The van der Waals surface area contributed by atoms with E-state index in [1.807, 2.05) is 0 Å². The van der Waals surface area contributed by atoms with Crippen molar-refractivity contribution in [3.63, 3.8) is 0 Å². The Bertz CT molecular complexity index is 499. The molecule has 5 heteroatoms. The summed E-state index contributed by atoms with van der Waals surface area (Å²) in [6.07, 6.45) is 2.02. The smallest absolute Gasteiger partial charge is 0.245 e. The van der Waals surface area contributed by atoms with Gasteiger partial charge in [-0.3, -0.25) is 0 Å². The monoisotopic (exact) mass is 254 g/mol. The first-order chi connectivity index (χ1) is 8.01. The van der Waals surface area contributed by atoms with E-state index >= 15 is 0 Å². The molecule has 2 N–H and O–H groups in total. The van der Waals surface area contributed by atoms with Crippen LogP contribution in [0.2, 0.25) is 0 Å². The molecule has 1 aromatic rings. The van der Waals surface area contributed by atoms with Gasteiger partial charge in [0.2, 0.25) is 10.0 Å². The Morgan fingerprint density at radius 3 is 2.71 bits per heavy atom. The van der Waals surface area contributed by atoms with Crippen molar-refractivity contribution in [2.24, 2.45) is 5.92 Å². The molecule has 4 nitrogen and oxygen atoms in total. The number of hydrogen-bond acceptors (Lipinski definition) is 3. The van der Waals surface area contributed by atoms with E-state index in [1.165, 1.54) is 0 Å². The SMILES string of the molecule is C[C@@H]1CCCN(S(=O)(=O)c2ccccc2N)C1. The molecule has 1 aliphatic heterocycles. The van der Waals surface area contributed by atoms with Gasteiger partial charge in [-0.1, -0.05) is 19.1 Å². The van der Waals surface area contributed by atoms with E-state index in [-0.39, 0.29) is 4.90 Å². The van der Waals surface area contributed by atoms with Gasteiger partial charge >= 0.3 is 0 Å². The molecule has 0 aliphatic carbocycles. The van der Waals surface area contributed by atoms with Crippen molar-refractivity contribution in [2.45, 2.75) is 24.7 Å². The highest BCUT2D eigenvalue weighted by molar-refractivity contribution is 7.89. The van der Waals surface area contributed by atoms with Crippen LogP contribution in [-0.2, 0) is 10.0 Å². The topological polar surface area (TPSA) is 63.4 Å². The quantitative estimate of drug-likeness (QED) is 0.817. The minimum atomic E-state index is -3.42. The number of nitrogen functional groups attached to an aromatic ring is 1. The van der Waals surface area contributed by atoms with Crippen LogP contribution in [0, 0.1) is 5.92 Å². The van der Waals surface area contributed by atoms with E-state index in [1.54, 1.807) is 28.6 Å². The Balaban J connectivity index is 2.33. The van der Waals surface area contributed by atoms with Gasteiger partial charge in [0.25, 0.3) is 0 Å². The molecule has 94 valence electrons. The maximum Gasteiger partial charge on any atom is 0.245 e. The minimum Gasteiger partial charge on any atom is -0.398 e. The van der Waals surface area contributed by atoms with Crippen LogP contribution >= 0.6 is 0 Å². The summed E-state index contributed by atoms with van der Waals surface area (Å²) < 4.78 is 26.3. The second-order valence-corrected chi connectivity index (χ2v) is 6.55. The van der Waals surface area contributed by atoms with Crippen molar-refractivity contribution in [1.29, 1.82) is 0 Å². The van der Waals surface area contributed by atoms with Crippen molar-refractivity contribution < 1.29 is 8.42 Å². The van der Waals surface area contributed by atoms with Crippen molar-refractivity contribution in [3.05, 3.63) is 24.3 Å². The average molecular weight is 254 g/mol. The third-order valence-corrected chi connectivity index (χ3v) is 5.10. The molecule has 0 amide bonds. The van der Waals surface area contributed by atoms with E-state index in [0.29, 0.717) is 24.7 Å². The molecule has 1 heterocycles. The molecule has 17 heavy (non-hydrogen) atoms. The summed E-state index contributed by atoms with van der Waals surface area (Å²) in [5, 5.41) is 0. The fourth-order valence-corrected chi connectivity index (χ4v) is 3.93. The number of anilines is 1. The molecule has 0 radical (unpaired) electrons. The van der Waals surface area contributed by atoms with Crippen LogP contribution in [0.1, 0.15) is 19.8 Å². The maximum atomic E-state index is 12.4. The first-order valence-electron chi connectivity index (χ1n) is 5.86. The van der Waals surface area contributed by atoms with Gasteiger partial charge in [-0.05, 0) is 30.9 Å². The van der Waals surface area contributed by atoms with Crippen molar-refractivity contribution in [2.75, 3.05) is 18.8 Å². The molecule has 2 rings (SSSR count). The molecular formula is C12H18N2O2S. The molecule has 1 fully saturated rings. The van der Waals surface area contributed by atoms with E-state index in [4.69, 9.17) is 5.73 Å². The Morgan fingerprint density at radius 1 is 1.35 bits per heavy atom. The van der Waals surface area contributed by atoms with Gasteiger partial charge in [-0.25, -0.2) is 8.42 Å². The standard InChI is InChI=1S/C12H18N2O2S/c1-10-5-4-8-14(9-10)17(15,16)12-7-3-2-6-11(12)13/h2-3,6-7,10H,4-5,8-9,13H2,1H3/t10-/m1/s1. The molecule has 0 saturated carbocycles. The number of rotatable bonds is 2. The van der Waals surface area contributed by atoms with Crippen molar-refractivity contribution >= 4 is 15.7 Å². The molecule has 0 spiro atoms. The Hall–Kier alpha value is -1.07. The summed E-state index contributed by atoms with van der Waals surface area (Å²) in [4.78, 5) is 0.231. The van der Waals surface area contributed by atoms with Gasteiger partial charge in [0.1, 0.15) is 4.90 Å². The zero-order valence-corrected chi connectivity index (χ0v) is 10.8. The number of piperidine rings is 1. The summed E-state index contributed by atoms with van der Waals surface area (Å²) in [6, 6.07) is 6.65. The van der Waals surface area contributed by atoms with Crippen LogP contribution in [-0.4, -0.2) is 25.8 Å². The van der Waals surface area contributed by atoms with Gasteiger partial charge in [0.15, 0.2) is 0 Å². The summed E-state index contributed by atoms with van der Waals surface area (Å²) >= 11 is 0. The lowest BCUT2D eigenvalue weighted by molar-refractivity contribution is 0.281. The zero-order chi connectivity index (χ0) is 12.5. The predicted octanol–water partition coefficient (Wildman–Crippen LogP) is 1.69. The Kier molecular flexibility index (Phi) is 3.40. The van der Waals surface area contributed by atoms with Gasteiger partial charge in [0, 0.05) is 13.1 Å². The summed E-state index contributed by atoms with van der Waals surface area (Å²) in [5.41, 5.74) is 6.07. The van der Waals surface area contributed by atoms with E-state index in [9.17, 15) is 8.42 Å². The van der Waals surface area contributed by atoms with Gasteiger partial charge in [0.05, 0.1) is 5.69 Å². The molecular weight excluding hydrogens is 236 g/mol. The van der Waals surface area contributed by atoms with Crippen LogP contribution in [0.5, 0.6) is 0 Å². The largest absolute Gasteiger partial charge is 0.398 e. The van der Waals surface area contributed by atoms with Crippen LogP contribution in [0.3, 0.4) is 0 Å². The van der Waals surface area contributed by atoms with Crippen LogP contribution < -0.4 is 5.73 Å². The number of hydrogen-bond donors (Lipinski definition) is 1. The molecule has 0 aromatic heterocycles. The lowest BCUT2D eigenvalue weighted by Gasteiger charge is -2.30. The van der Waals surface area contributed by atoms with Crippen molar-refractivity contribution in [3.8, 4) is 0 Å². The Morgan fingerprint density at radius 2 is 2.06 bits per heavy atom. The summed E-state index contributed by atoms with van der Waals surface area (Å²) in [5.74, 6) is 0.420. The molecule has 1 aromatic carbocycles. The predicted molar refractivity (Wildman–Crippen MR) is 68.0 cm³/mol. The normalized spacial score (nSPS) is 22.5. The highest BCUT2D eigenvalue weighted by atomic mass is 32.2. The van der Waals surface area contributed by atoms with Gasteiger partial charge in [-0.2, -0.15) is 4.31 Å². The third kappa shape index (κ3) is 2.45. The molecule has 1 atom stereocenters. The second kappa shape index (κ2) is 4.66. The summed E-state index contributed by atoms with van der Waals surface area (Å²) in [7, 11) is -3.42. The molecule has 0 bridgehead atoms.